The van der Waals surface area contributed by atoms with E-state index >= 15 is 0 Å². The standard InChI is InChI=1S/C21H26N2O2/c1-15(2)19-11-7-8-12-20(19)22-21(25)14-23(17(4)24)13-18-10-6-5-9-16(18)3/h5-12,15H,13-14H2,1-4H3,(H,22,25). The lowest BCUT2D eigenvalue weighted by Gasteiger charge is -2.22. The van der Waals surface area contributed by atoms with Crippen molar-refractivity contribution < 1.29 is 9.59 Å². The van der Waals surface area contributed by atoms with Crippen LogP contribution in [0.25, 0.3) is 0 Å². The summed E-state index contributed by atoms with van der Waals surface area (Å²) in [5, 5.41) is 2.94. The number of para-hydroxylation sites is 1. The zero-order valence-corrected chi connectivity index (χ0v) is 15.4. The Morgan fingerprint density at radius 2 is 1.68 bits per heavy atom. The van der Waals surface area contributed by atoms with Gasteiger partial charge < -0.3 is 10.2 Å². The van der Waals surface area contributed by atoms with Crippen molar-refractivity contribution in [1.29, 1.82) is 0 Å². The van der Waals surface area contributed by atoms with Crippen molar-refractivity contribution in [3.63, 3.8) is 0 Å². The fourth-order valence-electron chi connectivity index (χ4n) is 2.75. The van der Waals surface area contributed by atoms with E-state index in [0.29, 0.717) is 12.5 Å². The van der Waals surface area contributed by atoms with Gasteiger partial charge in [0.15, 0.2) is 0 Å². The second-order valence-corrected chi connectivity index (χ2v) is 6.59. The summed E-state index contributed by atoms with van der Waals surface area (Å²) in [6, 6.07) is 15.7. The summed E-state index contributed by atoms with van der Waals surface area (Å²) in [7, 11) is 0. The molecule has 25 heavy (non-hydrogen) atoms. The molecule has 0 radical (unpaired) electrons. The quantitative estimate of drug-likeness (QED) is 0.862. The first-order valence-electron chi connectivity index (χ1n) is 8.57. The van der Waals surface area contributed by atoms with Gasteiger partial charge in [0.1, 0.15) is 6.54 Å². The maximum Gasteiger partial charge on any atom is 0.244 e. The van der Waals surface area contributed by atoms with Crippen LogP contribution in [0, 0.1) is 6.92 Å². The molecular weight excluding hydrogens is 312 g/mol. The maximum absolute atomic E-state index is 12.5. The molecule has 0 aliphatic rings. The van der Waals surface area contributed by atoms with Crippen LogP contribution in [-0.4, -0.2) is 23.3 Å². The van der Waals surface area contributed by atoms with Crippen LogP contribution in [0.3, 0.4) is 0 Å². The summed E-state index contributed by atoms with van der Waals surface area (Å²) >= 11 is 0. The Kier molecular flexibility index (Phi) is 6.34. The number of benzene rings is 2. The van der Waals surface area contributed by atoms with Gasteiger partial charge in [-0.15, -0.1) is 0 Å². The van der Waals surface area contributed by atoms with E-state index in [4.69, 9.17) is 0 Å². The van der Waals surface area contributed by atoms with E-state index in [1.165, 1.54) is 6.92 Å². The summed E-state index contributed by atoms with van der Waals surface area (Å²) in [4.78, 5) is 26.0. The highest BCUT2D eigenvalue weighted by Crippen LogP contribution is 2.23. The monoisotopic (exact) mass is 338 g/mol. The van der Waals surface area contributed by atoms with E-state index in [2.05, 4.69) is 19.2 Å². The molecule has 2 amide bonds. The first-order valence-corrected chi connectivity index (χ1v) is 8.57. The van der Waals surface area contributed by atoms with Gasteiger partial charge in [-0.2, -0.15) is 0 Å². The number of aryl methyl sites for hydroxylation is 1. The molecule has 0 aliphatic heterocycles. The minimum absolute atomic E-state index is 0.0378. The van der Waals surface area contributed by atoms with Crippen molar-refractivity contribution in [2.75, 3.05) is 11.9 Å². The summed E-state index contributed by atoms with van der Waals surface area (Å²) in [5.74, 6) is 0.0137. The predicted octanol–water partition coefficient (Wildman–Crippen LogP) is 4.11. The molecule has 2 aromatic rings. The van der Waals surface area contributed by atoms with Gasteiger partial charge in [0, 0.05) is 19.2 Å². The van der Waals surface area contributed by atoms with Crippen molar-refractivity contribution in [3.8, 4) is 0 Å². The number of carbonyl (C=O) groups is 2. The first-order chi connectivity index (χ1) is 11.9. The summed E-state index contributed by atoms with van der Waals surface area (Å²) < 4.78 is 0. The highest BCUT2D eigenvalue weighted by atomic mass is 16.2. The number of nitrogens with zero attached hydrogens (tertiary/aromatic N) is 1. The number of hydrogen-bond acceptors (Lipinski definition) is 2. The largest absolute Gasteiger partial charge is 0.329 e. The van der Waals surface area contributed by atoms with Crippen LogP contribution < -0.4 is 5.32 Å². The van der Waals surface area contributed by atoms with Crippen molar-refractivity contribution in [2.24, 2.45) is 0 Å². The van der Waals surface area contributed by atoms with Crippen LogP contribution in [0.2, 0.25) is 0 Å². The van der Waals surface area contributed by atoms with Crippen LogP contribution in [-0.2, 0) is 16.1 Å². The fourth-order valence-corrected chi connectivity index (χ4v) is 2.75. The Morgan fingerprint density at radius 1 is 1.04 bits per heavy atom. The number of anilines is 1. The molecule has 0 unspecified atom stereocenters. The topological polar surface area (TPSA) is 49.4 Å². The zero-order chi connectivity index (χ0) is 18.4. The van der Waals surface area contributed by atoms with Gasteiger partial charge in [-0.25, -0.2) is 0 Å². The third-order valence-electron chi connectivity index (χ3n) is 4.26. The van der Waals surface area contributed by atoms with Gasteiger partial charge >= 0.3 is 0 Å². The van der Waals surface area contributed by atoms with Crippen molar-refractivity contribution >= 4 is 17.5 Å². The lowest BCUT2D eigenvalue weighted by Crippen LogP contribution is -2.36. The molecule has 4 nitrogen and oxygen atoms in total. The highest BCUT2D eigenvalue weighted by molar-refractivity contribution is 5.95. The Balaban J connectivity index is 2.09. The van der Waals surface area contributed by atoms with E-state index in [0.717, 1.165) is 22.4 Å². The highest BCUT2D eigenvalue weighted by Gasteiger charge is 2.16. The molecular formula is C21H26N2O2. The zero-order valence-electron chi connectivity index (χ0n) is 15.4. The second kappa shape index (κ2) is 8.47. The van der Waals surface area contributed by atoms with E-state index < -0.39 is 0 Å². The third-order valence-corrected chi connectivity index (χ3v) is 4.26. The number of hydrogen-bond donors (Lipinski definition) is 1. The minimum Gasteiger partial charge on any atom is -0.329 e. The van der Waals surface area contributed by atoms with Crippen LogP contribution in [0.5, 0.6) is 0 Å². The molecule has 0 atom stereocenters. The lowest BCUT2D eigenvalue weighted by atomic mass is 10.0. The van der Waals surface area contributed by atoms with Gasteiger partial charge in [0.05, 0.1) is 0 Å². The normalized spacial score (nSPS) is 10.6. The Labute approximate surface area is 149 Å². The van der Waals surface area contributed by atoms with Gasteiger partial charge in [0.2, 0.25) is 11.8 Å². The molecule has 2 rings (SSSR count). The number of rotatable bonds is 6. The molecule has 4 heteroatoms. The predicted molar refractivity (Wildman–Crippen MR) is 101 cm³/mol. The molecule has 0 fully saturated rings. The first kappa shape index (κ1) is 18.7. The van der Waals surface area contributed by atoms with E-state index in [1.54, 1.807) is 4.90 Å². The molecule has 0 aliphatic carbocycles. The molecule has 0 saturated carbocycles. The average Bonchev–Trinajstić information content (AvgIpc) is 2.56. The van der Waals surface area contributed by atoms with Crippen LogP contribution in [0.15, 0.2) is 48.5 Å². The number of carbonyl (C=O) groups excluding carboxylic acids is 2. The van der Waals surface area contributed by atoms with Gasteiger partial charge in [-0.05, 0) is 35.6 Å². The smallest absolute Gasteiger partial charge is 0.244 e. The van der Waals surface area contributed by atoms with Crippen LogP contribution in [0.1, 0.15) is 43.4 Å². The van der Waals surface area contributed by atoms with Crippen LogP contribution >= 0.6 is 0 Å². The molecule has 0 bridgehead atoms. The van der Waals surface area contributed by atoms with Crippen molar-refractivity contribution in [3.05, 3.63) is 65.2 Å². The fraction of sp³-hybridized carbons (Fsp3) is 0.333. The van der Waals surface area contributed by atoms with E-state index in [-0.39, 0.29) is 18.4 Å². The van der Waals surface area contributed by atoms with Gasteiger partial charge in [-0.1, -0.05) is 56.3 Å². The molecule has 2 aromatic carbocycles. The Bertz CT molecular complexity index is 753. The Morgan fingerprint density at radius 3 is 2.32 bits per heavy atom. The molecule has 1 N–H and O–H groups in total. The Hall–Kier alpha value is -2.62. The molecule has 0 aromatic heterocycles. The van der Waals surface area contributed by atoms with Crippen molar-refractivity contribution in [1.82, 2.24) is 4.90 Å². The van der Waals surface area contributed by atoms with E-state index in [1.807, 2.05) is 55.5 Å². The second-order valence-electron chi connectivity index (χ2n) is 6.59. The van der Waals surface area contributed by atoms with Gasteiger partial charge in [-0.3, -0.25) is 9.59 Å². The lowest BCUT2D eigenvalue weighted by molar-refractivity contribution is -0.133. The maximum atomic E-state index is 12.5. The van der Waals surface area contributed by atoms with Gasteiger partial charge in [0.25, 0.3) is 0 Å². The SMILES string of the molecule is CC(=O)N(CC(=O)Nc1ccccc1C(C)C)Cc1ccccc1C. The molecule has 0 spiro atoms. The molecule has 0 heterocycles. The summed E-state index contributed by atoms with van der Waals surface area (Å²) in [5.41, 5.74) is 4.05. The van der Waals surface area contributed by atoms with E-state index in [9.17, 15) is 9.59 Å². The summed E-state index contributed by atoms with van der Waals surface area (Å²) in [6.07, 6.45) is 0. The molecule has 132 valence electrons. The minimum atomic E-state index is -0.183. The number of nitrogens with one attached hydrogen (secondary N) is 1. The van der Waals surface area contributed by atoms with Crippen molar-refractivity contribution in [2.45, 2.75) is 40.2 Å². The summed E-state index contributed by atoms with van der Waals surface area (Å²) in [6.45, 7) is 8.15. The number of amides is 2. The average molecular weight is 338 g/mol. The van der Waals surface area contributed by atoms with Crippen LogP contribution in [0.4, 0.5) is 5.69 Å². The molecule has 0 saturated heterocycles. The third kappa shape index (κ3) is 5.18.